The van der Waals surface area contributed by atoms with Crippen molar-refractivity contribution < 1.29 is 5.11 Å². The predicted octanol–water partition coefficient (Wildman–Crippen LogP) is 2.63. The summed E-state index contributed by atoms with van der Waals surface area (Å²) < 4.78 is 0.948. The Morgan fingerprint density at radius 2 is 1.94 bits per heavy atom. The van der Waals surface area contributed by atoms with Crippen LogP contribution in [0.3, 0.4) is 0 Å². The lowest BCUT2D eigenvalue weighted by molar-refractivity contribution is 0.218. The van der Waals surface area contributed by atoms with E-state index in [4.69, 9.17) is 0 Å². The molecule has 2 aromatic rings. The fourth-order valence-corrected chi connectivity index (χ4v) is 1.92. The monoisotopic (exact) mass is 278 g/mol. The van der Waals surface area contributed by atoms with Gasteiger partial charge in [0.1, 0.15) is 12.4 Å². The molecule has 0 spiro atoms. The van der Waals surface area contributed by atoms with Crippen LogP contribution < -0.4 is 0 Å². The summed E-state index contributed by atoms with van der Waals surface area (Å²) in [5.41, 5.74) is 2.60. The normalized spacial score (nSPS) is 12.4. The molecule has 1 heterocycles. The highest BCUT2D eigenvalue weighted by molar-refractivity contribution is 9.10. The highest BCUT2D eigenvalue weighted by Crippen LogP contribution is 2.26. The Labute approximate surface area is 102 Å². The molecule has 2 rings (SSSR count). The molecule has 1 unspecified atom stereocenters. The predicted molar refractivity (Wildman–Crippen MR) is 65.0 cm³/mol. The van der Waals surface area contributed by atoms with Crippen molar-refractivity contribution in [1.82, 2.24) is 9.97 Å². The molecule has 3 nitrogen and oxygen atoms in total. The van der Waals surface area contributed by atoms with Crippen LogP contribution in [0, 0.1) is 6.92 Å². The maximum Gasteiger partial charge on any atom is 0.115 e. The van der Waals surface area contributed by atoms with Gasteiger partial charge in [-0.05, 0) is 30.2 Å². The third-order valence-electron chi connectivity index (χ3n) is 2.43. The van der Waals surface area contributed by atoms with Crippen LogP contribution in [0.1, 0.15) is 22.8 Å². The first-order valence-electron chi connectivity index (χ1n) is 4.87. The summed E-state index contributed by atoms with van der Waals surface area (Å²) in [6, 6.07) is 5.83. The molecule has 0 bridgehead atoms. The van der Waals surface area contributed by atoms with Gasteiger partial charge >= 0.3 is 0 Å². The van der Waals surface area contributed by atoms with E-state index in [0.717, 1.165) is 15.6 Å². The minimum Gasteiger partial charge on any atom is -0.384 e. The minimum atomic E-state index is -0.682. The average molecular weight is 279 g/mol. The molecule has 0 amide bonds. The number of benzene rings is 1. The van der Waals surface area contributed by atoms with Crippen LogP contribution in [-0.4, -0.2) is 15.1 Å². The zero-order chi connectivity index (χ0) is 11.5. The molecule has 1 N–H and O–H groups in total. The van der Waals surface area contributed by atoms with Gasteiger partial charge in [0.2, 0.25) is 0 Å². The standard InChI is InChI=1S/C12H11BrN2O/c1-8-2-3-10(13)4-11(8)12(16)9-5-14-7-15-6-9/h2-7,12,16H,1H3. The lowest BCUT2D eigenvalue weighted by Crippen LogP contribution is -2.03. The number of nitrogens with zero attached hydrogens (tertiary/aromatic N) is 2. The van der Waals surface area contributed by atoms with Crippen molar-refractivity contribution in [3.8, 4) is 0 Å². The Balaban J connectivity index is 2.41. The minimum absolute atomic E-state index is 0.682. The highest BCUT2D eigenvalue weighted by atomic mass is 79.9. The first-order chi connectivity index (χ1) is 7.68. The van der Waals surface area contributed by atoms with Crippen molar-refractivity contribution in [3.63, 3.8) is 0 Å². The van der Waals surface area contributed by atoms with Crippen molar-refractivity contribution in [3.05, 3.63) is 58.1 Å². The van der Waals surface area contributed by atoms with Crippen LogP contribution >= 0.6 is 15.9 Å². The maximum atomic E-state index is 10.2. The lowest BCUT2D eigenvalue weighted by Gasteiger charge is -2.13. The first-order valence-corrected chi connectivity index (χ1v) is 5.67. The zero-order valence-corrected chi connectivity index (χ0v) is 10.3. The molecular formula is C12H11BrN2O. The molecule has 4 heteroatoms. The fourth-order valence-electron chi connectivity index (χ4n) is 1.54. The second kappa shape index (κ2) is 4.72. The number of hydrogen-bond acceptors (Lipinski definition) is 3. The van der Waals surface area contributed by atoms with Gasteiger partial charge in [0, 0.05) is 22.4 Å². The molecule has 1 atom stereocenters. The van der Waals surface area contributed by atoms with E-state index in [9.17, 15) is 5.11 Å². The van der Waals surface area contributed by atoms with Crippen molar-refractivity contribution in [2.75, 3.05) is 0 Å². The summed E-state index contributed by atoms with van der Waals surface area (Å²) >= 11 is 3.39. The van der Waals surface area contributed by atoms with Gasteiger partial charge in [-0.1, -0.05) is 22.0 Å². The summed E-state index contributed by atoms with van der Waals surface area (Å²) in [4.78, 5) is 7.80. The van der Waals surface area contributed by atoms with E-state index >= 15 is 0 Å². The molecule has 0 aliphatic carbocycles. The van der Waals surface area contributed by atoms with Gasteiger partial charge in [-0.3, -0.25) is 0 Å². The average Bonchev–Trinajstić information content (AvgIpc) is 2.32. The molecule has 0 saturated heterocycles. The van der Waals surface area contributed by atoms with Gasteiger partial charge in [-0.15, -0.1) is 0 Å². The number of aromatic nitrogens is 2. The van der Waals surface area contributed by atoms with Crippen LogP contribution in [0.5, 0.6) is 0 Å². The van der Waals surface area contributed by atoms with Gasteiger partial charge in [0.25, 0.3) is 0 Å². The number of aliphatic hydroxyl groups is 1. The molecule has 0 radical (unpaired) electrons. The Kier molecular flexibility index (Phi) is 3.31. The largest absolute Gasteiger partial charge is 0.384 e. The van der Waals surface area contributed by atoms with E-state index in [-0.39, 0.29) is 0 Å². The molecule has 1 aromatic carbocycles. The van der Waals surface area contributed by atoms with E-state index in [1.54, 1.807) is 12.4 Å². The lowest BCUT2D eigenvalue weighted by atomic mass is 10.00. The number of aliphatic hydroxyl groups excluding tert-OH is 1. The fraction of sp³-hybridized carbons (Fsp3) is 0.167. The summed E-state index contributed by atoms with van der Waals surface area (Å²) in [6.45, 7) is 1.97. The van der Waals surface area contributed by atoms with E-state index in [1.807, 2.05) is 25.1 Å². The van der Waals surface area contributed by atoms with Crippen molar-refractivity contribution in [2.24, 2.45) is 0 Å². The third-order valence-corrected chi connectivity index (χ3v) is 2.93. The first kappa shape index (κ1) is 11.2. The van der Waals surface area contributed by atoms with Crippen LogP contribution in [0.2, 0.25) is 0 Å². The summed E-state index contributed by atoms with van der Waals surface area (Å²) in [7, 11) is 0. The van der Waals surface area contributed by atoms with Gasteiger partial charge in [0.15, 0.2) is 0 Å². The Morgan fingerprint density at radius 3 is 2.62 bits per heavy atom. The topological polar surface area (TPSA) is 46.0 Å². The van der Waals surface area contributed by atoms with E-state index in [0.29, 0.717) is 5.56 Å². The third kappa shape index (κ3) is 2.28. The van der Waals surface area contributed by atoms with Crippen LogP contribution in [0.25, 0.3) is 0 Å². The molecule has 0 aliphatic heterocycles. The molecule has 0 saturated carbocycles. The van der Waals surface area contributed by atoms with Crippen molar-refractivity contribution in [2.45, 2.75) is 13.0 Å². The van der Waals surface area contributed by atoms with Gasteiger partial charge < -0.3 is 5.11 Å². The Morgan fingerprint density at radius 1 is 1.25 bits per heavy atom. The van der Waals surface area contributed by atoms with Crippen molar-refractivity contribution in [1.29, 1.82) is 0 Å². The Bertz CT molecular complexity index is 488. The number of halogens is 1. The summed E-state index contributed by atoms with van der Waals surface area (Å²) in [5.74, 6) is 0. The molecule has 0 aliphatic rings. The quantitative estimate of drug-likeness (QED) is 0.919. The van der Waals surface area contributed by atoms with Crippen molar-refractivity contribution >= 4 is 15.9 Å². The maximum absolute atomic E-state index is 10.2. The Hall–Kier alpha value is -1.26. The number of hydrogen-bond donors (Lipinski definition) is 1. The van der Waals surface area contributed by atoms with E-state index in [1.165, 1.54) is 6.33 Å². The van der Waals surface area contributed by atoms with Gasteiger partial charge in [-0.25, -0.2) is 9.97 Å². The summed E-state index contributed by atoms with van der Waals surface area (Å²) in [6.07, 6.45) is 4.01. The van der Waals surface area contributed by atoms with Gasteiger partial charge in [-0.2, -0.15) is 0 Å². The molecule has 16 heavy (non-hydrogen) atoms. The van der Waals surface area contributed by atoms with E-state index < -0.39 is 6.10 Å². The smallest absolute Gasteiger partial charge is 0.115 e. The molecule has 0 fully saturated rings. The highest BCUT2D eigenvalue weighted by Gasteiger charge is 2.13. The second-order valence-corrected chi connectivity index (χ2v) is 4.49. The summed E-state index contributed by atoms with van der Waals surface area (Å²) in [5, 5.41) is 10.2. The van der Waals surface area contributed by atoms with Crippen LogP contribution in [-0.2, 0) is 0 Å². The SMILES string of the molecule is Cc1ccc(Br)cc1C(O)c1cncnc1. The van der Waals surface area contributed by atoms with Crippen LogP contribution in [0.4, 0.5) is 0 Å². The van der Waals surface area contributed by atoms with Gasteiger partial charge in [0.05, 0.1) is 0 Å². The number of aryl methyl sites for hydroxylation is 1. The zero-order valence-electron chi connectivity index (χ0n) is 8.76. The molecule has 82 valence electrons. The second-order valence-electron chi connectivity index (χ2n) is 3.58. The van der Waals surface area contributed by atoms with Crippen LogP contribution in [0.15, 0.2) is 41.4 Å². The molecular weight excluding hydrogens is 268 g/mol. The van der Waals surface area contributed by atoms with E-state index in [2.05, 4.69) is 25.9 Å². The molecule has 1 aromatic heterocycles. The number of rotatable bonds is 2.